The summed E-state index contributed by atoms with van der Waals surface area (Å²) in [6.45, 7) is 6.37. The van der Waals surface area contributed by atoms with E-state index < -0.39 is 0 Å². The molecule has 2 aliphatic rings. The van der Waals surface area contributed by atoms with Crippen LogP contribution in [0.25, 0.3) is 0 Å². The molecule has 2 aliphatic heterocycles. The van der Waals surface area contributed by atoms with Gasteiger partial charge in [0.1, 0.15) is 16.9 Å². The third-order valence-corrected chi connectivity index (χ3v) is 6.74. The van der Waals surface area contributed by atoms with E-state index in [1.54, 1.807) is 18.4 Å². The third-order valence-electron chi connectivity index (χ3n) is 5.10. The maximum atomic E-state index is 12.9. The van der Waals surface area contributed by atoms with E-state index in [4.69, 9.17) is 4.74 Å². The number of fused-ring (bicyclic) bond motifs is 3. The van der Waals surface area contributed by atoms with Crippen molar-refractivity contribution in [1.82, 2.24) is 10.2 Å². The highest BCUT2D eigenvalue weighted by molar-refractivity contribution is 9.10. The second-order valence-corrected chi connectivity index (χ2v) is 8.98. The van der Waals surface area contributed by atoms with Gasteiger partial charge in [0.15, 0.2) is 0 Å². The molecule has 1 amide bonds. The maximum Gasteiger partial charge on any atom is 0.256 e. The van der Waals surface area contributed by atoms with Gasteiger partial charge in [-0.15, -0.1) is 11.3 Å². The van der Waals surface area contributed by atoms with Gasteiger partial charge in [-0.2, -0.15) is 0 Å². The summed E-state index contributed by atoms with van der Waals surface area (Å²) in [4.78, 5) is 16.7. The van der Waals surface area contributed by atoms with Crippen molar-refractivity contribution in [3.8, 4) is 5.75 Å². The molecule has 0 spiro atoms. The fourth-order valence-corrected chi connectivity index (χ4v) is 5.34. The Balaban J connectivity index is 1.68. The van der Waals surface area contributed by atoms with Crippen LogP contribution in [0.4, 0.5) is 5.00 Å². The first kappa shape index (κ1) is 17.8. The summed E-state index contributed by atoms with van der Waals surface area (Å²) in [6, 6.07) is 6.34. The van der Waals surface area contributed by atoms with Crippen molar-refractivity contribution >= 4 is 38.2 Å². The van der Waals surface area contributed by atoms with E-state index in [0.29, 0.717) is 6.04 Å². The monoisotopic (exact) mass is 435 g/mol. The lowest BCUT2D eigenvalue weighted by Crippen LogP contribution is -2.39. The van der Waals surface area contributed by atoms with E-state index in [-0.39, 0.29) is 12.1 Å². The van der Waals surface area contributed by atoms with E-state index >= 15 is 0 Å². The summed E-state index contributed by atoms with van der Waals surface area (Å²) >= 11 is 5.22. The lowest BCUT2D eigenvalue weighted by Gasteiger charge is -2.31. The number of carbonyl (C=O) groups excluding carboxylic acids is 1. The Morgan fingerprint density at radius 3 is 2.88 bits per heavy atom. The number of anilines is 1. The molecule has 26 heavy (non-hydrogen) atoms. The smallest absolute Gasteiger partial charge is 0.256 e. The van der Waals surface area contributed by atoms with Gasteiger partial charge in [0.2, 0.25) is 0 Å². The van der Waals surface area contributed by atoms with Gasteiger partial charge < -0.3 is 15.4 Å². The molecule has 0 saturated heterocycles. The summed E-state index contributed by atoms with van der Waals surface area (Å²) in [5.74, 6) is 0.753. The molecule has 7 heteroatoms. The number of nitrogens with zero attached hydrogens (tertiary/aromatic N) is 1. The Bertz CT molecular complexity index is 865. The number of halogens is 1. The van der Waals surface area contributed by atoms with Gasteiger partial charge >= 0.3 is 0 Å². The number of rotatable bonds is 3. The number of hydrogen-bond donors (Lipinski definition) is 2. The Labute approximate surface area is 165 Å². The summed E-state index contributed by atoms with van der Waals surface area (Å²) in [6.07, 6.45) is 0.628. The highest BCUT2D eigenvalue weighted by atomic mass is 79.9. The molecule has 5 nitrogen and oxygen atoms in total. The Hall–Kier alpha value is -1.57. The van der Waals surface area contributed by atoms with Crippen molar-refractivity contribution in [3.63, 3.8) is 0 Å². The minimum absolute atomic E-state index is 0.00118. The van der Waals surface area contributed by atoms with Crippen LogP contribution in [0.1, 0.15) is 46.4 Å². The molecule has 0 fully saturated rings. The summed E-state index contributed by atoms with van der Waals surface area (Å²) in [7, 11) is 1.65. The quantitative estimate of drug-likeness (QED) is 0.760. The summed E-state index contributed by atoms with van der Waals surface area (Å²) < 4.78 is 6.44. The fraction of sp³-hybridized carbons (Fsp3) is 0.421. The lowest BCUT2D eigenvalue weighted by atomic mass is 9.99. The minimum Gasteiger partial charge on any atom is -0.496 e. The number of amides is 1. The Morgan fingerprint density at radius 1 is 1.35 bits per heavy atom. The number of hydrogen-bond acceptors (Lipinski definition) is 5. The summed E-state index contributed by atoms with van der Waals surface area (Å²) in [5.41, 5.74) is 2.96. The SMILES string of the molecule is COc1ccc(Br)cc1[C@@H]1NC(=O)c2c(sc3c2CCN(C(C)C)C3)N1. The average molecular weight is 436 g/mol. The van der Waals surface area contributed by atoms with Crippen LogP contribution in [-0.2, 0) is 13.0 Å². The van der Waals surface area contributed by atoms with Crippen molar-refractivity contribution < 1.29 is 9.53 Å². The molecule has 1 aromatic carbocycles. The third kappa shape index (κ3) is 3.02. The predicted molar refractivity (Wildman–Crippen MR) is 108 cm³/mol. The zero-order valence-electron chi connectivity index (χ0n) is 15.1. The molecule has 2 aromatic rings. The minimum atomic E-state index is -0.302. The van der Waals surface area contributed by atoms with Crippen LogP contribution in [0.15, 0.2) is 22.7 Å². The standard InChI is InChI=1S/C19H22BrN3O2S/c1-10(2)23-7-6-12-15(9-23)26-19-16(12)18(24)21-17(22-19)13-8-11(20)4-5-14(13)25-3/h4-5,8,10,17,22H,6-7,9H2,1-3H3,(H,21,24)/t17-/m1/s1. The van der Waals surface area contributed by atoms with Crippen LogP contribution in [-0.4, -0.2) is 30.5 Å². The number of nitrogens with one attached hydrogen (secondary N) is 2. The normalized spacial score (nSPS) is 19.6. The summed E-state index contributed by atoms with van der Waals surface area (Å²) in [5, 5.41) is 7.59. The van der Waals surface area contributed by atoms with Crippen LogP contribution in [0, 0.1) is 0 Å². The first-order valence-corrected chi connectivity index (χ1v) is 10.4. The van der Waals surface area contributed by atoms with Crippen LogP contribution in [0.5, 0.6) is 5.75 Å². The molecule has 0 bridgehead atoms. The van der Waals surface area contributed by atoms with Gasteiger partial charge in [-0.05, 0) is 44.0 Å². The van der Waals surface area contributed by atoms with E-state index in [0.717, 1.165) is 45.9 Å². The molecule has 3 heterocycles. The van der Waals surface area contributed by atoms with E-state index in [2.05, 4.69) is 45.3 Å². The van der Waals surface area contributed by atoms with Crippen molar-refractivity contribution in [3.05, 3.63) is 44.2 Å². The number of benzene rings is 1. The molecule has 4 rings (SSSR count). The van der Waals surface area contributed by atoms with E-state index in [1.165, 1.54) is 10.4 Å². The average Bonchev–Trinajstić information content (AvgIpc) is 2.99. The van der Waals surface area contributed by atoms with E-state index in [9.17, 15) is 4.79 Å². The molecule has 0 radical (unpaired) electrons. The second kappa shape index (κ2) is 6.87. The molecule has 0 aliphatic carbocycles. The fourth-order valence-electron chi connectivity index (χ4n) is 3.66. The molecular weight excluding hydrogens is 414 g/mol. The molecule has 1 atom stereocenters. The zero-order valence-corrected chi connectivity index (χ0v) is 17.5. The first-order chi connectivity index (χ1) is 12.5. The van der Waals surface area contributed by atoms with Crippen molar-refractivity contribution in [1.29, 1.82) is 0 Å². The van der Waals surface area contributed by atoms with Crippen molar-refractivity contribution in [2.45, 2.75) is 39.0 Å². The molecule has 1 aromatic heterocycles. The van der Waals surface area contributed by atoms with Crippen molar-refractivity contribution in [2.75, 3.05) is 19.0 Å². The van der Waals surface area contributed by atoms with Gasteiger partial charge in [-0.25, -0.2) is 0 Å². The van der Waals surface area contributed by atoms with E-state index in [1.807, 2.05) is 18.2 Å². The number of thiophene rings is 1. The molecule has 0 unspecified atom stereocenters. The van der Waals surface area contributed by atoms with Gasteiger partial charge in [-0.1, -0.05) is 15.9 Å². The van der Waals surface area contributed by atoms with Gasteiger partial charge in [0.05, 0.1) is 12.7 Å². The number of ether oxygens (including phenoxy) is 1. The lowest BCUT2D eigenvalue weighted by molar-refractivity contribution is 0.0934. The Morgan fingerprint density at radius 2 is 2.15 bits per heavy atom. The van der Waals surface area contributed by atoms with Gasteiger partial charge in [0.25, 0.3) is 5.91 Å². The molecule has 138 valence electrons. The number of carbonyl (C=O) groups is 1. The zero-order chi connectivity index (χ0) is 18.4. The Kier molecular flexibility index (Phi) is 4.71. The topological polar surface area (TPSA) is 53.6 Å². The maximum absolute atomic E-state index is 12.9. The first-order valence-electron chi connectivity index (χ1n) is 8.77. The highest BCUT2D eigenvalue weighted by Crippen LogP contribution is 2.42. The second-order valence-electron chi connectivity index (χ2n) is 6.96. The van der Waals surface area contributed by atoms with Crippen LogP contribution in [0.3, 0.4) is 0 Å². The van der Waals surface area contributed by atoms with Gasteiger partial charge in [-0.3, -0.25) is 9.69 Å². The molecule has 0 saturated carbocycles. The van der Waals surface area contributed by atoms with Crippen LogP contribution in [0.2, 0.25) is 0 Å². The number of methoxy groups -OCH3 is 1. The largest absolute Gasteiger partial charge is 0.496 e. The van der Waals surface area contributed by atoms with Crippen molar-refractivity contribution in [2.24, 2.45) is 0 Å². The van der Waals surface area contributed by atoms with Crippen LogP contribution < -0.4 is 15.4 Å². The predicted octanol–water partition coefficient (Wildman–Crippen LogP) is 4.14. The highest BCUT2D eigenvalue weighted by Gasteiger charge is 2.34. The molecular formula is C19H22BrN3O2S. The van der Waals surface area contributed by atoms with Crippen LogP contribution >= 0.6 is 27.3 Å². The molecule has 2 N–H and O–H groups in total. The van der Waals surface area contributed by atoms with Gasteiger partial charge in [0, 0.05) is 34.0 Å².